The van der Waals surface area contributed by atoms with Crippen molar-refractivity contribution in [2.45, 2.75) is 18.7 Å². The van der Waals surface area contributed by atoms with Crippen molar-refractivity contribution >= 4 is 25.6 Å². The number of hydrogen-bond acceptors (Lipinski definition) is 3. The minimum Gasteiger partial charge on any atom is -0.352 e. The van der Waals surface area contributed by atoms with Crippen LogP contribution in [-0.4, -0.2) is 20.9 Å². The van der Waals surface area contributed by atoms with E-state index < -0.39 is 20.8 Å². The number of rotatable bonds is 3. The van der Waals surface area contributed by atoms with Gasteiger partial charge in [0.1, 0.15) is 5.82 Å². The van der Waals surface area contributed by atoms with Gasteiger partial charge in [0.05, 0.1) is 4.90 Å². The highest BCUT2D eigenvalue weighted by molar-refractivity contribution is 8.13. The molecule has 0 aliphatic carbocycles. The van der Waals surface area contributed by atoms with Gasteiger partial charge < -0.3 is 5.32 Å². The molecule has 17 heavy (non-hydrogen) atoms. The number of halogens is 2. The van der Waals surface area contributed by atoms with Crippen molar-refractivity contribution in [2.24, 2.45) is 0 Å². The van der Waals surface area contributed by atoms with Gasteiger partial charge in [0.15, 0.2) is 0 Å². The Morgan fingerprint density at radius 3 is 2.53 bits per heavy atom. The van der Waals surface area contributed by atoms with Gasteiger partial charge in [-0.3, -0.25) is 4.79 Å². The molecule has 0 heterocycles. The molecule has 0 spiro atoms. The number of benzene rings is 1. The first-order chi connectivity index (χ1) is 7.77. The first-order valence-corrected chi connectivity index (χ1v) is 7.11. The minimum atomic E-state index is -4.07. The molecule has 0 bridgehead atoms. The largest absolute Gasteiger partial charge is 0.352 e. The van der Waals surface area contributed by atoms with E-state index in [9.17, 15) is 17.6 Å². The Bertz CT molecular complexity index is 557. The normalized spacial score (nSPS) is 11.3. The zero-order chi connectivity index (χ0) is 13.2. The molecule has 1 aromatic carbocycles. The van der Waals surface area contributed by atoms with Crippen LogP contribution < -0.4 is 5.32 Å². The zero-order valence-electron chi connectivity index (χ0n) is 9.25. The van der Waals surface area contributed by atoms with E-state index in [-0.39, 0.29) is 16.0 Å². The molecule has 1 rings (SSSR count). The van der Waals surface area contributed by atoms with Crippen molar-refractivity contribution in [3.63, 3.8) is 0 Å². The summed E-state index contributed by atoms with van der Waals surface area (Å²) in [7, 11) is 1.09. The predicted molar refractivity (Wildman–Crippen MR) is 62.2 cm³/mol. The molecule has 94 valence electrons. The summed E-state index contributed by atoms with van der Waals surface area (Å²) in [5, 5.41) is 2.44. The molecule has 0 aliphatic heterocycles. The monoisotopic (exact) mass is 279 g/mol. The summed E-state index contributed by atoms with van der Waals surface area (Å²) in [6, 6.07) is 2.04. The summed E-state index contributed by atoms with van der Waals surface area (Å²) < 4.78 is 35.9. The molecule has 0 fully saturated rings. The van der Waals surface area contributed by atoms with Gasteiger partial charge in [-0.1, -0.05) is 0 Å². The first kappa shape index (κ1) is 13.9. The number of nitrogens with one attached hydrogen (secondary N) is 1. The van der Waals surface area contributed by atoms with Crippen LogP contribution in [-0.2, 0) is 9.05 Å². The van der Waals surface area contributed by atoms with Crippen LogP contribution in [0.1, 0.15) is 22.8 Å². The summed E-state index contributed by atoms with van der Waals surface area (Å²) in [4.78, 5) is 11.1. The highest BCUT2D eigenvalue weighted by atomic mass is 35.7. The Morgan fingerprint density at radius 2 is 2.06 bits per heavy atom. The Balaban J connectivity index is 3.39. The molecule has 0 saturated carbocycles. The Hall–Kier alpha value is -1.14. The molecule has 7 heteroatoms. The third-order valence-corrected chi connectivity index (χ3v) is 3.61. The van der Waals surface area contributed by atoms with E-state index >= 15 is 0 Å². The van der Waals surface area contributed by atoms with Gasteiger partial charge >= 0.3 is 0 Å². The van der Waals surface area contributed by atoms with E-state index in [0.717, 1.165) is 12.1 Å². The fourth-order valence-corrected chi connectivity index (χ4v) is 2.51. The number of carbonyl (C=O) groups is 1. The molecule has 1 aromatic rings. The quantitative estimate of drug-likeness (QED) is 0.859. The third-order valence-electron chi connectivity index (χ3n) is 2.16. The molecule has 4 nitrogen and oxygen atoms in total. The van der Waals surface area contributed by atoms with Gasteiger partial charge in [0.2, 0.25) is 0 Å². The SMILES string of the molecule is CCNC(=O)c1cc(F)c(C)c(S(=O)(=O)Cl)c1. The standard InChI is InChI=1S/C10H11ClFNO3S/c1-3-13-10(14)7-4-8(12)6(2)9(5-7)17(11,15)16/h4-5H,3H2,1-2H3,(H,13,14). The predicted octanol–water partition coefficient (Wildman–Crippen LogP) is 1.81. The van der Waals surface area contributed by atoms with E-state index in [4.69, 9.17) is 10.7 Å². The fraction of sp³-hybridized carbons (Fsp3) is 0.300. The summed E-state index contributed by atoms with van der Waals surface area (Å²) in [5.74, 6) is -1.33. The molecular formula is C10H11ClFNO3S. The average molecular weight is 280 g/mol. The molecule has 0 atom stereocenters. The van der Waals surface area contributed by atoms with Gasteiger partial charge in [-0.25, -0.2) is 12.8 Å². The second kappa shape index (κ2) is 5.01. The highest BCUT2D eigenvalue weighted by Gasteiger charge is 2.19. The lowest BCUT2D eigenvalue weighted by atomic mass is 10.1. The molecule has 0 unspecified atom stereocenters. The van der Waals surface area contributed by atoms with Gasteiger partial charge in [-0.05, 0) is 26.0 Å². The van der Waals surface area contributed by atoms with Crippen molar-refractivity contribution < 1.29 is 17.6 Å². The van der Waals surface area contributed by atoms with Gasteiger partial charge in [0, 0.05) is 28.4 Å². The maximum Gasteiger partial charge on any atom is 0.261 e. The lowest BCUT2D eigenvalue weighted by Gasteiger charge is -2.07. The van der Waals surface area contributed by atoms with Crippen molar-refractivity contribution in [3.8, 4) is 0 Å². The topological polar surface area (TPSA) is 63.2 Å². The van der Waals surface area contributed by atoms with Crippen LogP contribution >= 0.6 is 10.7 Å². The van der Waals surface area contributed by atoms with E-state index in [1.807, 2.05) is 0 Å². The molecular weight excluding hydrogens is 269 g/mol. The maximum atomic E-state index is 13.5. The molecule has 0 aliphatic rings. The second-order valence-electron chi connectivity index (χ2n) is 3.38. The second-order valence-corrected chi connectivity index (χ2v) is 5.91. The van der Waals surface area contributed by atoms with Crippen molar-refractivity contribution in [3.05, 3.63) is 29.1 Å². The number of carbonyl (C=O) groups excluding carboxylic acids is 1. The van der Waals surface area contributed by atoms with Crippen LogP contribution in [0.25, 0.3) is 0 Å². The zero-order valence-corrected chi connectivity index (χ0v) is 10.8. The van der Waals surface area contributed by atoms with E-state index in [2.05, 4.69) is 5.32 Å². The van der Waals surface area contributed by atoms with Crippen LogP contribution in [0, 0.1) is 12.7 Å². The first-order valence-electron chi connectivity index (χ1n) is 4.80. The Morgan fingerprint density at radius 1 is 1.47 bits per heavy atom. The Kier molecular flexibility index (Phi) is 4.11. The van der Waals surface area contributed by atoms with Crippen molar-refractivity contribution in [2.75, 3.05) is 6.54 Å². The molecule has 1 N–H and O–H groups in total. The van der Waals surface area contributed by atoms with Crippen LogP contribution in [0.5, 0.6) is 0 Å². The molecule has 0 saturated heterocycles. The summed E-state index contributed by atoms with van der Waals surface area (Å²) in [6.07, 6.45) is 0. The number of amides is 1. The smallest absolute Gasteiger partial charge is 0.261 e. The van der Waals surface area contributed by atoms with E-state index in [1.165, 1.54) is 6.92 Å². The lowest BCUT2D eigenvalue weighted by molar-refractivity contribution is 0.0955. The lowest BCUT2D eigenvalue weighted by Crippen LogP contribution is -2.23. The molecule has 0 aromatic heterocycles. The molecule has 1 amide bonds. The maximum absolute atomic E-state index is 13.5. The van der Waals surface area contributed by atoms with Crippen LogP contribution in [0.3, 0.4) is 0 Å². The highest BCUT2D eigenvalue weighted by Crippen LogP contribution is 2.23. The van der Waals surface area contributed by atoms with Crippen LogP contribution in [0.2, 0.25) is 0 Å². The summed E-state index contributed by atoms with van der Waals surface area (Å²) >= 11 is 0. The minimum absolute atomic E-state index is 0.0748. The number of hydrogen-bond donors (Lipinski definition) is 1. The third kappa shape index (κ3) is 3.17. The summed E-state index contributed by atoms with van der Waals surface area (Å²) in [6.45, 7) is 3.34. The van der Waals surface area contributed by atoms with E-state index in [0.29, 0.717) is 6.54 Å². The van der Waals surface area contributed by atoms with Crippen molar-refractivity contribution in [1.82, 2.24) is 5.32 Å². The van der Waals surface area contributed by atoms with Crippen LogP contribution in [0.15, 0.2) is 17.0 Å². The van der Waals surface area contributed by atoms with Crippen LogP contribution in [0.4, 0.5) is 4.39 Å². The van der Waals surface area contributed by atoms with E-state index in [1.54, 1.807) is 6.92 Å². The Labute approximate surface area is 103 Å². The summed E-state index contributed by atoms with van der Waals surface area (Å²) in [5.41, 5.74) is -0.178. The molecule has 0 radical (unpaired) electrons. The van der Waals surface area contributed by atoms with Gasteiger partial charge in [-0.2, -0.15) is 0 Å². The average Bonchev–Trinajstić information content (AvgIpc) is 2.20. The van der Waals surface area contributed by atoms with Gasteiger partial charge in [0.25, 0.3) is 15.0 Å². The van der Waals surface area contributed by atoms with Crippen molar-refractivity contribution in [1.29, 1.82) is 0 Å². The fourth-order valence-electron chi connectivity index (χ4n) is 1.30. The van der Waals surface area contributed by atoms with Gasteiger partial charge in [-0.15, -0.1) is 0 Å².